The number of hydrogen-bond donors (Lipinski definition) is 1. The molecule has 0 spiro atoms. The molecule has 0 aliphatic heterocycles. The Balaban J connectivity index is 2.35. The summed E-state index contributed by atoms with van der Waals surface area (Å²) in [7, 11) is 3.70. The van der Waals surface area contributed by atoms with E-state index in [0.29, 0.717) is 0 Å². The van der Waals surface area contributed by atoms with Gasteiger partial charge in [0.25, 0.3) is 0 Å². The summed E-state index contributed by atoms with van der Waals surface area (Å²) in [4.78, 5) is 0. The first kappa shape index (κ1) is 17.2. The second-order valence-corrected chi connectivity index (χ2v) is 7.66. The molecule has 1 N–H and O–H groups in total. The fraction of sp³-hybridized carbons (Fsp3) is 0.250. The molecule has 112 valence electrons. The molecule has 0 aliphatic rings. The minimum atomic E-state index is 0.234. The molecule has 2 rings (SSSR count). The quantitative estimate of drug-likeness (QED) is 0.534. The summed E-state index contributed by atoms with van der Waals surface area (Å²) in [5.41, 5.74) is 2.47. The van der Waals surface area contributed by atoms with Crippen molar-refractivity contribution in [1.82, 2.24) is 5.32 Å². The third-order valence-corrected chi connectivity index (χ3v) is 5.32. The van der Waals surface area contributed by atoms with Gasteiger partial charge in [0, 0.05) is 18.6 Å². The number of nitrogens with one attached hydrogen (secondary N) is 1. The van der Waals surface area contributed by atoms with Crippen LogP contribution in [0.4, 0.5) is 0 Å². The lowest BCUT2D eigenvalue weighted by molar-refractivity contribution is 0.406. The number of methoxy groups -OCH3 is 1. The molecule has 0 radical (unpaired) electrons. The Kier molecular flexibility index (Phi) is 6.52. The lowest BCUT2D eigenvalue weighted by Gasteiger charge is -2.20. The second-order valence-electron chi connectivity index (χ2n) is 4.67. The molecular weight excluding hydrogens is 509 g/mol. The molecule has 0 saturated heterocycles. The predicted molar refractivity (Wildman–Crippen MR) is 103 cm³/mol. The van der Waals surface area contributed by atoms with Crippen LogP contribution in [0.3, 0.4) is 0 Å². The maximum Gasteiger partial charge on any atom is 0.122 e. The van der Waals surface area contributed by atoms with E-state index in [0.717, 1.165) is 21.1 Å². The highest BCUT2D eigenvalue weighted by Crippen LogP contribution is 2.30. The molecule has 0 heterocycles. The maximum atomic E-state index is 5.48. The van der Waals surface area contributed by atoms with Crippen LogP contribution >= 0.6 is 54.5 Å². The standard InChI is InChI=1S/C16H16Br2INO/c1-20-15(13-9-12(18)3-5-14(13)19)8-10-7-11(17)4-6-16(10)21-2/h3-7,9,15,20H,8H2,1-2H3. The average Bonchev–Trinajstić information content (AvgIpc) is 2.47. The summed E-state index contributed by atoms with van der Waals surface area (Å²) in [5, 5.41) is 3.41. The van der Waals surface area contributed by atoms with E-state index >= 15 is 0 Å². The van der Waals surface area contributed by atoms with Crippen molar-refractivity contribution in [3.8, 4) is 5.75 Å². The van der Waals surface area contributed by atoms with Gasteiger partial charge in [-0.2, -0.15) is 0 Å². The number of halogens is 3. The SMILES string of the molecule is CNC(Cc1cc(Br)ccc1OC)c1cc(Br)ccc1I. The van der Waals surface area contributed by atoms with E-state index in [9.17, 15) is 0 Å². The minimum absolute atomic E-state index is 0.234. The summed E-state index contributed by atoms with van der Waals surface area (Å²) in [6.45, 7) is 0. The van der Waals surface area contributed by atoms with Crippen LogP contribution in [0, 0.1) is 3.57 Å². The van der Waals surface area contributed by atoms with Crippen molar-refractivity contribution in [2.24, 2.45) is 0 Å². The third-order valence-electron chi connectivity index (χ3n) is 3.35. The highest BCUT2D eigenvalue weighted by atomic mass is 127. The number of likely N-dealkylation sites (N-methyl/N-ethyl adjacent to an activating group) is 1. The van der Waals surface area contributed by atoms with Crippen molar-refractivity contribution in [1.29, 1.82) is 0 Å². The molecule has 1 atom stereocenters. The van der Waals surface area contributed by atoms with Gasteiger partial charge in [0.15, 0.2) is 0 Å². The molecule has 0 aromatic heterocycles. The first-order chi connectivity index (χ1) is 10.0. The molecule has 5 heteroatoms. The lowest BCUT2D eigenvalue weighted by Crippen LogP contribution is -2.20. The van der Waals surface area contributed by atoms with E-state index in [1.54, 1.807) is 7.11 Å². The molecule has 1 unspecified atom stereocenters. The zero-order valence-corrected chi connectivity index (χ0v) is 17.1. The van der Waals surface area contributed by atoms with E-state index in [4.69, 9.17) is 4.74 Å². The smallest absolute Gasteiger partial charge is 0.122 e. The fourth-order valence-corrected chi connectivity index (χ4v) is 3.77. The van der Waals surface area contributed by atoms with Gasteiger partial charge in [0.1, 0.15) is 5.75 Å². The van der Waals surface area contributed by atoms with Crippen LogP contribution in [0.2, 0.25) is 0 Å². The number of rotatable bonds is 5. The van der Waals surface area contributed by atoms with Gasteiger partial charge in [-0.25, -0.2) is 0 Å². The molecule has 2 aromatic rings. The zero-order chi connectivity index (χ0) is 15.4. The van der Waals surface area contributed by atoms with Crippen molar-refractivity contribution in [2.75, 3.05) is 14.2 Å². The van der Waals surface area contributed by atoms with Gasteiger partial charge in [-0.1, -0.05) is 31.9 Å². The van der Waals surface area contributed by atoms with Crippen molar-refractivity contribution in [2.45, 2.75) is 12.5 Å². The Labute approximate surface area is 156 Å². The highest BCUT2D eigenvalue weighted by Gasteiger charge is 2.16. The van der Waals surface area contributed by atoms with Crippen molar-refractivity contribution >= 4 is 54.5 Å². The van der Waals surface area contributed by atoms with Crippen molar-refractivity contribution in [3.63, 3.8) is 0 Å². The molecule has 21 heavy (non-hydrogen) atoms. The third kappa shape index (κ3) is 4.43. The van der Waals surface area contributed by atoms with Crippen LogP contribution in [0.25, 0.3) is 0 Å². The van der Waals surface area contributed by atoms with E-state index < -0.39 is 0 Å². The van der Waals surface area contributed by atoms with Crippen molar-refractivity contribution in [3.05, 3.63) is 60.0 Å². The summed E-state index contributed by atoms with van der Waals surface area (Å²) >= 11 is 9.47. The molecule has 2 nitrogen and oxygen atoms in total. The van der Waals surface area contributed by atoms with Crippen LogP contribution < -0.4 is 10.1 Å². The maximum absolute atomic E-state index is 5.48. The van der Waals surface area contributed by atoms with Gasteiger partial charge in [-0.15, -0.1) is 0 Å². The Morgan fingerprint density at radius 2 is 1.81 bits per heavy atom. The monoisotopic (exact) mass is 523 g/mol. The average molecular weight is 525 g/mol. The van der Waals surface area contributed by atoms with Crippen LogP contribution in [-0.2, 0) is 6.42 Å². The molecule has 0 amide bonds. The van der Waals surface area contributed by atoms with Gasteiger partial charge in [0.2, 0.25) is 0 Å². The Morgan fingerprint density at radius 1 is 1.14 bits per heavy atom. The van der Waals surface area contributed by atoms with E-state index in [-0.39, 0.29) is 6.04 Å². The molecule has 0 fully saturated rings. The summed E-state index contributed by atoms with van der Waals surface area (Å²) in [6, 6.07) is 12.7. The van der Waals surface area contributed by atoms with Crippen molar-refractivity contribution < 1.29 is 4.74 Å². The molecular formula is C16H16Br2INO. The van der Waals surface area contributed by atoms with Crippen LogP contribution in [0.15, 0.2) is 45.3 Å². The first-order valence-corrected chi connectivity index (χ1v) is 9.16. The lowest BCUT2D eigenvalue weighted by atomic mass is 9.98. The van der Waals surface area contributed by atoms with Gasteiger partial charge in [-0.05, 0) is 83.6 Å². The van der Waals surface area contributed by atoms with E-state index in [1.165, 1.54) is 14.7 Å². The largest absolute Gasteiger partial charge is 0.496 e. The van der Waals surface area contributed by atoms with Gasteiger partial charge < -0.3 is 10.1 Å². The molecule has 0 bridgehead atoms. The molecule has 0 saturated carbocycles. The van der Waals surface area contributed by atoms with E-state index in [2.05, 4.69) is 84.0 Å². The number of hydrogen-bond acceptors (Lipinski definition) is 2. The Morgan fingerprint density at radius 3 is 2.48 bits per heavy atom. The van der Waals surface area contributed by atoms with E-state index in [1.807, 2.05) is 19.2 Å². The first-order valence-electron chi connectivity index (χ1n) is 6.49. The van der Waals surface area contributed by atoms with Crippen LogP contribution in [0.1, 0.15) is 17.2 Å². The molecule has 2 aromatic carbocycles. The minimum Gasteiger partial charge on any atom is -0.496 e. The van der Waals surface area contributed by atoms with Gasteiger partial charge >= 0.3 is 0 Å². The van der Waals surface area contributed by atoms with Crippen LogP contribution in [-0.4, -0.2) is 14.2 Å². The Hall–Kier alpha value is -0.110. The highest BCUT2D eigenvalue weighted by molar-refractivity contribution is 14.1. The van der Waals surface area contributed by atoms with Gasteiger partial charge in [-0.3, -0.25) is 0 Å². The zero-order valence-electron chi connectivity index (χ0n) is 11.8. The number of benzene rings is 2. The Bertz CT molecular complexity index is 634. The second kappa shape index (κ2) is 7.94. The number of ether oxygens (including phenoxy) is 1. The normalized spacial score (nSPS) is 12.2. The van der Waals surface area contributed by atoms with Crippen LogP contribution in [0.5, 0.6) is 5.75 Å². The molecule has 0 aliphatic carbocycles. The van der Waals surface area contributed by atoms with Gasteiger partial charge in [0.05, 0.1) is 7.11 Å². The summed E-state index contributed by atoms with van der Waals surface area (Å²) in [6.07, 6.45) is 0.867. The summed E-state index contributed by atoms with van der Waals surface area (Å²) in [5.74, 6) is 0.920. The fourth-order valence-electron chi connectivity index (χ4n) is 2.28. The summed E-state index contributed by atoms with van der Waals surface area (Å²) < 4.78 is 8.89. The predicted octanol–water partition coefficient (Wildman–Crippen LogP) is 5.33. The topological polar surface area (TPSA) is 21.3 Å².